The van der Waals surface area contributed by atoms with Crippen molar-refractivity contribution in [2.75, 3.05) is 6.54 Å². The van der Waals surface area contributed by atoms with Crippen LogP contribution in [0.25, 0.3) is 27.3 Å². The summed E-state index contributed by atoms with van der Waals surface area (Å²) in [5.41, 5.74) is 3.32. The van der Waals surface area contributed by atoms with Gasteiger partial charge in [-0.1, -0.05) is 28.1 Å². The van der Waals surface area contributed by atoms with Crippen molar-refractivity contribution < 1.29 is 0 Å². The molecule has 5 nitrogen and oxygen atoms in total. The maximum Gasteiger partial charge on any atom is 0.183 e. The SMILES string of the molecule is CC(C)N1CCc2c(sc3ncn4nc(-c5ccccc5Br)nc4c23)C1. The third kappa shape index (κ3) is 2.49. The molecule has 26 heavy (non-hydrogen) atoms. The van der Waals surface area contributed by atoms with Gasteiger partial charge >= 0.3 is 0 Å². The Labute approximate surface area is 163 Å². The molecule has 0 atom stereocenters. The van der Waals surface area contributed by atoms with Crippen LogP contribution < -0.4 is 0 Å². The van der Waals surface area contributed by atoms with Crippen molar-refractivity contribution in [2.24, 2.45) is 0 Å². The molecular formula is C19H18BrN5S. The summed E-state index contributed by atoms with van der Waals surface area (Å²) in [5, 5.41) is 5.86. The van der Waals surface area contributed by atoms with Gasteiger partial charge in [0.1, 0.15) is 11.2 Å². The predicted molar refractivity (Wildman–Crippen MR) is 109 cm³/mol. The lowest BCUT2D eigenvalue weighted by Gasteiger charge is -2.30. The van der Waals surface area contributed by atoms with Gasteiger partial charge in [0.15, 0.2) is 11.5 Å². The second-order valence-electron chi connectivity index (χ2n) is 6.93. The maximum atomic E-state index is 4.88. The van der Waals surface area contributed by atoms with Crippen LogP contribution >= 0.6 is 27.3 Å². The van der Waals surface area contributed by atoms with Crippen LogP contribution in [-0.4, -0.2) is 37.1 Å². The van der Waals surface area contributed by atoms with Gasteiger partial charge in [-0.15, -0.1) is 16.4 Å². The summed E-state index contributed by atoms with van der Waals surface area (Å²) < 4.78 is 2.82. The number of fused-ring (bicyclic) bond motifs is 5. The Morgan fingerprint density at radius 2 is 2.08 bits per heavy atom. The Bertz CT molecular complexity index is 1130. The molecule has 0 saturated carbocycles. The Morgan fingerprint density at radius 3 is 2.88 bits per heavy atom. The third-order valence-electron chi connectivity index (χ3n) is 5.05. The second-order valence-corrected chi connectivity index (χ2v) is 8.86. The fraction of sp³-hybridized carbons (Fsp3) is 0.316. The fourth-order valence-corrected chi connectivity index (χ4v) is 5.28. The minimum absolute atomic E-state index is 0.566. The molecule has 0 unspecified atom stereocenters. The lowest BCUT2D eigenvalue weighted by atomic mass is 10.0. The maximum absolute atomic E-state index is 4.88. The number of thiophene rings is 1. The first-order chi connectivity index (χ1) is 12.6. The highest BCUT2D eigenvalue weighted by Crippen LogP contribution is 2.37. The van der Waals surface area contributed by atoms with Crippen molar-refractivity contribution in [1.82, 2.24) is 24.5 Å². The average Bonchev–Trinajstić information content (AvgIpc) is 3.21. The van der Waals surface area contributed by atoms with Gasteiger partial charge in [-0.05, 0) is 38.0 Å². The van der Waals surface area contributed by atoms with E-state index in [1.807, 2.05) is 28.8 Å². The third-order valence-corrected chi connectivity index (χ3v) is 6.87. The zero-order valence-electron chi connectivity index (χ0n) is 14.6. The zero-order valence-corrected chi connectivity index (χ0v) is 17.0. The summed E-state index contributed by atoms with van der Waals surface area (Å²) in [4.78, 5) is 14.6. The van der Waals surface area contributed by atoms with Gasteiger partial charge in [-0.25, -0.2) is 14.5 Å². The number of benzene rings is 1. The molecule has 1 aromatic carbocycles. The number of aromatic nitrogens is 4. The first-order valence-electron chi connectivity index (χ1n) is 8.76. The van der Waals surface area contributed by atoms with E-state index in [2.05, 4.69) is 44.8 Å². The van der Waals surface area contributed by atoms with Crippen LogP contribution in [0.4, 0.5) is 0 Å². The smallest absolute Gasteiger partial charge is 0.183 e. The standard InChI is InChI=1S/C19H18BrN5S/c1-11(2)24-8-7-13-15(9-24)26-19-16(13)18-22-17(23-25(18)10-21-19)12-5-3-4-6-14(12)20/h3-6,10-11H,7-9H2,1-2H3. The van der Waals surface area contributed by atoms with Crippen LogP contribution in [0.3, 0.4) is 0 Å². The molecule has 0 aliphatic carbocycles. The van der Waals surface area contributed by atoms with Crippen LogP contribution in [0.1, 0.15) is 24.3 Å². The largest absolute Gasteiger partial charge is 0.296 e. The van der Waals surface area contributed by atoms with E-state index < -0.39 is 0 Å². The lowest BCUT2D eigenvalue weighted by molar-refractivity contribution is 0.206. The van der Waals surface area contributed by atoms with Crippen molar-refractivity contribution in [3.63, 3.8) is 0 Å². The molecule has 7 heteroatoms. The first kappa shape index (κ1) is 16.4. The molecule has 1 aliphatic rings. The highest BCUT2D eigenvalue weighted by Gasteiger charge is 2.25. The summed E-state index contributed by atoms with van der Waals surface area (Å²) in [6.07, 6.45) is 2.83. The van der Waals surface area contributed by atoms with Gasteiger partial charge in [0.05, 0.1) is 5.39 Å². The number of hydrogen-bond donors (Lipinski definition) is 0. The Morgan fingerprint density at radius 1 is 1.23 bits per heavy atom. The molecular weight excluding hydrogens is 410 g/mol. The molecule has 5 rings (SSSR count). The molecule has 0 saturated heterocycles. The molecule has 4 heterocycles. The molecule has 0 amide bonds. The van der Waals surface area contributed by atoms with Crippen LogP contribution in [0.5, 0.6) is 0 Å². The predicted octanol–water partition coefficient (Wildman–Crippen LogP) is 4.54. The van der Waals surface area contributed by atoms with E-state index in [0.29, 0.717) is 6.04 Å². The van der Waals surface area contributed by atoms with Crippen molar-refractivity contribution in [2.45, 2.75) is 32.9 Å². The summed E-state index contributed by atoms with van der Waals surface area (Å²) in [6, 6.07) is 8.62. The van der Waals surface area contributed by atoms with E-state index in [0.717, 1.165) is 45.8 Å². The van der Waals surface area contributed by atoms with E-state index in [9.17, 15) is 0 Å². The van der Waals surface area contributed by atoms with Gasteiger partial charge < -0.3 is 0 Å². The van der Waals surface area contributed by atoms with Crippen molar-refractivity contribution in [1.29, 1.82) is 0 Å². The number of halogens is 1. The van der Waals surface area contributed by atoms with Crippen LogP contribution in [0, 0.1) is 0 Å². The Balaban J connectivity index is 1.70. The van der Waals surface area contributed by atoms with Gasteiger partial charge in [0.2, 0.25) is 0 Å². The highest BCUT2D eigenvalue weighted by molar-refractivity contribution is 9.10. The number of nitrogens with zero attached hydrogens (tertiary/aromatic N) is 5. The monoisotopic (exact) mass is 427 g/mol. The minimum atomic E-state index is 0.566. The molecule has 4 aromatic rings. The second kappa shape index (κ2) is 6.11. The normalized spacial score (nSPS) is 15.2. The first-order valence-corrected chi connectivity index (χ1v) is 10.4. The van der Waals surface area contributed by atoms with Gasteiger partial charge in [-0.3, -0.25) is 4.90 Å². The minimum Gasteiger partial charge on any atom is -0.296 e. The summed E-state index contributed by atoms with van der Waals surface area (Å²) in [5.74, 6) is 0.728. The van der Waals surface area contributed by atoms with Gasteiger partial charge in [0.25, 0.3) is 0 Å². The van der Waals surface area contributed by atoms with Crippen LogP contribution in [0.15, 0.2) is 35.1 Å². The molecule has 0 fully saturated rings. The number of rotatable bonds is 2. The van der Waals surface area contributed by atoms with Gasteiger partial charge in [0, 0.05) is 34.0 Å². The zero-order chi connectivity index (χ0) is 17.8. The quantitative estimate of drug-likeness (QED) is 0.471. The molecule has 0 spiro atoms. The summed E-state index contributed by atoms with van der Waals surface area (Å²) in [6.45, 7) is 6.61. The molecule has 132 valence electrons. The fourth-order valence-electron chi connectivity index (χ4n) is 3.61. The number of hydrogen-bond acceptors (Lipinski definition) is 5. The Kier molecular flexibility index (Phi) is 3.84. The van der Waals surface area contributed by atoms with Crippen molar-refractivity contribution >= 4 is 43.1 Å². The van der Waals surface area contributed by atoms with Crippen LogP contribution in [-0.2, 0) is 13.0 Å². The van der Waals surface area contributed by atoms with Crippen LogP contribution in [0.2, 0.25) is 0 Å². The molecule has 0 bridgehead atoms. The molecule has 1 aliphatic heterocycles. The highest BCUT2D eigenvalue weighted by atomic mass is 79.9. The molecule has 3 aromatic heterocycles. The average molecular weight is 428 g/mol. The Hall–Kier alpha value is -1.83. The van der Waals surface area contributed by atoms with E-state index in [4.69, 9.17) is 4.98 Å². The van der Waals surface area contributed by atoms with E-state index in [-0.39, 0.29) is 0 Å². The topological polar surface area (TPSA) is 46.3 Å². The summed E-state index contributed by atoms with van der Waals surface area (Å²) in [7, 11) is 0. The van der Waals surface area contributed by atoms with Crippen molar-refractivity contribution in [3.05, 3.63) is 45.5 Å². The van der Waals surface area contributed by atoms with E-state index in [1.54, 1.807) is 17.7 Å². The van der Waals surface area contributed by atoms with Crippen molar-refractivity contribution in [3.8, 4) is 11.4 Å². The summed E-state index contributed by atoms with van der Waals surface area (Å²) >= 11 is 5.41. The van der Waals surface area contributed by atoms with E-state index >= 15 is 0 Å². The van der Waals surface area contributed by atoms with Gasteiger partial charge in [-0.2, -0.15) is 0 Å². The van der Waals surface area contributed by atoms with E-state index in [1.165, 1.54) is 15.8 Å². The molecule has 0 N–H and O–H groups in total. The molecule has 0 radical (unpaired) electrons. The lowest BCUT2D eigenvalue weighted by Crippen LogP contribution is -2.35.